The minimum Gasteiger partial charge on any atom is -0.493 e. The maximum absolute atomic E-state index is 11.9. The molecule has 0 aliphatic rings. The number of hydrogen-bond donors (Lipinski definition) is 1. The lowest BCUT2D eigenvalue weighted by Crippen LogP contribution is -2.20. The van der Waals surface area contributed by atoms with E-state index in [1.807, 2.05) is 30.5 Å². The topological polar surface area (TPSA) is 60.5 Å². The summed E-state index contributed by atoms with van der Waals surface area (Å²) in [6.45, 7) is 5.16. The molecule has 1 aromatic heterocycles. The summed E-state index contributed by atoms with van der Waals surface area (Å²) in [6.07, 6.45) is 5.34. The average Bonchev–Trinajstić information content (AvgIpc) is 3.04. The summed E-state index contributed by atoms with van der Waals surface area (Å²) in [5.74, 6) is 1.23. The van der Waals surface area contributed by atoms with Crippen molar-refractivity contribution in [3.05, 3.63) is 45.9 Å². The molecule has 0 aliphatic carbocycles. The molecule has 0 atom stereocenters. The van der Waals surface area contributed by atoms with E-state index in [0.29, 0.717) is 18.9 Å². The Morgan fingerprint density at radius 1 is 1.36 bits per heavy atom. The van der Waals surface area contributed by atoms with Gasteiger partial charge in [-0.15, -0.1) is 11.3 Å². The van der Waals surface area contributed by atoms with Gasteiger partial charge in [0.25, 0.3) is 0 Å². The molecule has 134 valence electrons. The molecular weight excluding hydrogens is 336 g/mol. The van der Waals surface area contributed by atoms with Gasteiger partial charge in [-0.05, 0) is 37.1 Å². The number of carbonyl (C=O) groups is 1. The molecule has 0 unspecified atom stereocenters. The molecule has 1 aromatic carbocycles. The van der Waals surface area contributed by atoms with Crippen LogP contribution in [0, 0.1) is 6.92 Å². The van der Waals surface area contributed by atoms with E-state index in [2.05, 4.69) is 17.2 Å². The highest BCUT2D eigenvalue weighted by molar-refractivity contribution is 7.09. The first-order chi connectivity index (χ1) is 12.1. The SMILES string of the molecule is CCCCOc1ccc(/C=C/C(=O)NCc2nc(C)cs2)cc1OC. The Hall–Kier alpha value is -2.34. The van der Waals surface area contributed by atoms with Crippen molar-refractivity contribution in [1.29, 1.82) is 0 Å². The van der Waals surface area contributed by atoms with Gasteiger partial charge in [0, 0.05) is 17.2 Å². The van der Waals surface area contributed by atoms with Crippen LogP contribution in [0.1, 0.15) is 36.0 Å². The second kappa shape index (κ2) is 9.84. The van der Waals surface area contributed by atoms with Crippen LogP contribution < -0.4 is 14.8 Å². The third kappa shape index (κ3) is 6.23. The van der Waals surface area contributed by atoms with Gasteiger partial charge in [0.05, 0.1) is 20.3 Å². The molecule has 0 aliphatic heterocycles. The first-order valence-corrected chi connectivity index (χ1v) is 9.18. The first-order valence-electron chi connectivity index (χ1n) is 8.30. The number of ether oxygens (including phenoxy) is 2. The Morgan fingerprint density at radius 2 is 2.20 bits per heavy atom. The third-order valence-corrected chi connectivity index (χ3v) is 4.42. The number of nitrogens with zero attached hydrogens (tertiary/aromatic N) is 1. The van der Waals surface area contributed by atoms with E-state index >= 15 is 0 Å². The van der Waals surface area contributed by atoms with E-state index < -0.39 is 0 Å². The van der Waals surface area contributed by atoms with Crippen molar-refractivity contribution in [2.45, 2.75) is 33.2 Å². The van der Waals surface area contributed by atoms with Gasteiger partial charge >= 0.3 is 0 Å². The maximum atomic E-state index is 11.9. The normalized spacial score (nSPS) is 10.8. The number of aromatic nitrogens is 1. The largest absolute Gasteiger partial charge is 0.493 e. The second-order valence-electron chi connectivity index (χ2n) is 5.55. The van der Waals surface area contributed by atoms with Crippen molar-refractivity contribution in [2.75, 3.05) is 13.7 Å². The van der Waals surface area contributed by atoms with E-state index in [4.69, 9.17) is 9.47 Å². The fourth-order valence-electron chi connectivity index (χ4n) is 2.11. The van der Waals surface area contributed by atoms with Gasteiger partial charge in [-0.3, -0.25) is 4.79 Å². The van der Waals surface area contributed by atoms with Crippen LogP contribution in [0.25, 0.3) is 6.08 Å². The summed E-state index contributed by atoms with van der Waals surface area (Å²) >= 11 is 1.54. The molecule has 1 amide bonds. The zero-order chi connectivity index (χ0) is 18.1. The van der Waals surface area contributed by atoms with Crippen molar-refractivity contribution in [2.24, 2.45) is 0 Å². The van der Waals surface area contributed by atoms with E-state index in [1.54, 1.807) is 24.5 Å². The van der Waals surface area contributed by atoms with E-state index in [0.717, 1.165) is 34.9 Å². The lowest BCUT2D eigenvalue weighted by atomic mass is 10.2. The molecule has 1 heterocycles. The van der Waals surface area contributed by atoms with Crippen LogP contribution in [0.3, 0.4) is 0 Å². The number of amides is 1. The quantitative estimate of drug-likeness (QED) is 0.543. The number of nitrogens with one attached hydrogen (secondary N) is 1. The lowest BCUT2D eigenvalue weighted by molar-refractivity contribution is -0.116. The second-order valence-corrected chi connectivity index (χ2v) is 6.49. The Bertz CT molecular complexity index is 725. The van der Waals surface area contributed by atoms with Crippen molar-refractivity contribution in [3.8, 4) is 11.5 Å². The highest BCUT2D eigenvalue weighted by Crippen LogP contribution is 2.28. The molecule has 0 radical (unpaired) electrons. The number of rotatable bonds is 9. The fraction of sp³-hybridized carbons (Fsp3) is 0.368. The molecule has 2 rings (SSSR count). The van der Waals surface area contributed by atoms with Crippen LogP contribution in [0.2, 0.25) is 0 Å². The third-order valence-electron chi connectivity index (χ3n) is 3.45. The molecular formula is C19H24N2O3S. The van der Waals surface area contributed by atoms with Crippen molar-refractivity contribution in [1.82, 2.24) is 10.3 Å². The number of hydrogen-bond acceptors (Lipinski definition) is 5. The number of methoxy groups -OCH3 is 1. The van der Waals surface area contributed by atoms with Crippen molar-refractivity contribution in [3.63, 3.8) is 0 Å². The van der Waals surface area contributed by atoms with Crippen LogP contribution in [-0.4, -0.2) is 24.6 Å². The molecule has 0 bridgehead atoms. The van der Waals surface area contributed by atoms with E-state index in [1.165, 1.54) is 6.08 Å². The molecule has 2 aromatic rings. The number of benzene rings is 1. The van der Waals surface area contributed by atoms with Gasteiger partial charge in [-0.1, -0.05) is 19.4 Å². The lowest BCUT2D eigenvalue weighted by Gasteiger charge is -2.10. The number of unbranched alkanes of at least 4 members (excludes halogenated alkanes) is 1. The summed E-state index contributed by atoms with van der Waals surface area (Å²) in [6, 6.07) is 5.62. The molecule has 5 nitrogen and oxygen atoms in total. The van der Waals surface area contributed by atoms with Gasteiger partial charge in [-0.25, -0.2) is 4.98 Å². The number of carbonyl (C=O) groups excluding carboxylic acids is 1. The minimum absolute atomic E-state index is 0.157. The molecule has 6 heteroatoms. The summed E-state index contributed by atoms with van der Waals surface area (Å²) in [7, 11) is 1.61. The fourth-order valence-corrected chi connectivity index (χ4v) is 2.82. The molecule has 0 fully saturated rings. The standard InChI is InChI=1S/C19H24N2O3S/c1-4-5-10-24-16-8-6-15(11-17(16)23-3)7-9-18(22)20-12-19-21-14(2)13-25-19/h6-9,11,13H,4-5,10,12H2,1-3H3,(H,20,22)/b9-7+. The van der Waals surface area contributed by atoms with E-state index in [9.17, 15) is 4.79 Å². The highest BCUT2D eigenvalue weighted by Gasteiger charge is 2.05. The van der Waals surface area contributed by atoms with Gasteiger partial charge in [0.15, 0.2) is 11.5 Å². The smallest absolute Gasteiger partial charge is 0.244 e. The van der Waals surface area contributed by atoms with Crippen molar-refractivity contribution < 1.29 is 14.3 Å². The minimum atomic E-state index is -0.157. The van der Waals surface area contributed by atoms with Gasteiger partial charge < -0.3 is 14.8 Å². The average molecular weight is 360 g/mol. The maximum Gasteiger partial charge on any atom is 0.244 e. The first kappa shape index (κ1) is 19.0. The van der Waals surface area contributed by atoms with Crippen molar-refractivity contribution >= 4 is 23.3 Å². The predicted molar refractivity (Wildman–Crippen MR) is 101 cm³/mol. The van der Waals surface area contributed by atoms with Gasteiger partial charge in [0.1, 0.15) is 5.01 Å². The van der Waals surface area contributed by atoms with Crippen LogP contribution >= 0.6 is 11.3 Å². The molecule has 0 saturated carbocycles. The van der Waals surface area contributed by atoms with Gasteiger partial charge in [0.2, 0.25) is 5.91 Å². The summed E-state index contributed by atoms with van der Waals surface area (Å²) in [5, 5.41) is 5.69. The zero-order valence-corrected chi connectivity index (χ0v) is 15.7. The highest BCUT2D eigenvalue weighted by atomic mass is 32.1. The summed E-state index contributed by atoms with van der Waals surface area (Å²) < 4.78 is 11.1. The molecule has 1 N–H and O–H groups in total. The molecule has 0 spiro atoms. The monoisotopic (exact) mass is 360 g/mol. The Kier molecular flexibility index (Phi) is 7.47. The van der Waals surface area contributed by atoms with Crippen LogP contribution in [-0.2, 0) is 11.3 Å². The summed E-state index contributed by atoms with van der Waals surface area (Å²) in [4.78, 5) is 16.2. The summed E-state index contributed by atoms with van der Waals surface area (Å²) in [5.41, 5.74) is 1.85. The Morgan fingerprint density at radius 3 is 2.88 bits per heavy atom. The Labute approximate surface area is 152 Å². The van der Waals surface area contributed by atoms with Crippen LogP contribution in [0.5, 0.6) is 11.5 Å². The van der Waals surface area contributed by atoms with E-state index in [-0.39, 0.29) is 5.91 Å². The van der Waals surface area contributed by atoms with Crippen LogP contribution in [0.4, 0.5) is 0 Å². The number of aryl methyl sites for hydroxylation is 1. The van der Waals surface area contributed by atoms with Gasteiger partial charge in [-0.2, -0.15) is 0 Å². The molecule has 0 saturated heterocycles. The predicted octanol–water partition coefficient (Wildman–Crippen LogP) is 3.97. The van der Waals surface area contributed by atoms with Crippen LogP contribution in [0.15, 0.2) is 29.7 Å². The zero-order valence-electron chi connectivity index (χ0n) is 14.9. The Balaban J connectivity index is 1.91. The molecule has 25 heavy (non-hydrogen) atoms. The number of thiazole rings is 1.